The van der Waals surface area contributed by atoms with Crippen LogP contribution in [0.1, 0.15) is 48.0 Å². The van der Waals surface area contributed by atoms with Crippen molar-refractivity contribution in [3.63, 3.8) is 0 Å². The van der Waals surface area contributed by atoms with Crippen LogP contribution in [0.15, 0.2) is 48.5 Å². The highest BCUT2D eigenvalue weighted by atomic mass is 35.5. The van der Waals surface area contributed by atoms with Crippen LogP contribution in [0.5, 0.6) is 5.75 Å². The second kappa shape index (κ2) is 8.54. The summed E-state index contributed by atoms with van der Waals surface area (Å²) in [7, 11) is 1.73. The van der Waals surface area contributed by atoms with Gasteiger partial charge in [0, 0.05) is 30.2 Å². The summed E-state index contributed by atoms with van der Waals surface area (Å²) in [6.07, 6.45) is 5.61. The number of carbonyl (C=O) groups excluding carboxylic acids is 1. The highest BCUT2D eigenvalue weighted by Gasteiger charge is 2.39. The summed E-state index contributed by atoms with van der Waals surface area (Å²) in [4.78, 5) is 15.3. The van der Waals surface area contributed by atoms with E-state index in [0.29, 0.717) is 22.7 Å². The first-order valence-electron chi connectivity index (χ1n) is 10.1. The molecule has 0 aromatic heterocycles. The third-order valence-corrected chi connectivity index (χ3v) is 6.45. The molecule has 1 amide bonds. The van der Waals surface area contributed by atoms with Crippen molar-refractivity contribution in [3.05, 3.63) is 64.7 Å². The summed E-state index contributed by atoms with van der Waals surface area (Å²) < 4.78 is 5.55. The quantitative estimate of drug-likeness (QED) is 0.796. The van der Waals surface area contributed by atoms with Crippen molar-refractivity contribution in [2.75, 3.05) is 7.11 Å². The molecule has 2 aromatic rings. The molecule has 28 heavy (non-hydrogen) atoms. The number of piperidine rings is 2. The Morgan fingerprint density at radius 1 is 1.11 bits per heavy atom. The van der Waals surface area contributed by atoms with Crippen molar-refractivity contribution in [1.82, 2.24) is 10.2 Å². The number of para-hydroxylation sites is 1. The Kier molecular flexibility index (Phi) is 5.88. The van der Waals surface area contributed by atoms with Gasteiger partial charge in [-0.1, -0.05) is 48.4 Å². The maximum absolute atomic E-state index is 12.7. The predicted octanol–water partition coefficient (Wildman–Crippen LogP) is 4.66. The molecular weight excluding hydrogens is 372 g/mol. The van der Waals surface area contributed by atoms with E-state index in [2.05, 4.69) is 22.3 Å². The van der Waals surface area contributed by atoms with Gasteiger partial charge < -0.3 is 10.1 Å². The van der Waals surface area contributed by atoms with Crippen molar-refractivity contribution in [2.24, 2.45) is 0 Å². The third-order valence-electron chi connectivity index (χ3n) is 6.13. The first-order valence-corrected chi connectivity index (χ1v) is 10.5. The summed E-state index contributed by atoms with van der Waals surface area (Å²) in [5.74, 6) is 0.890. The Hall–Kier alpha value is -2.04. The lowest BCUT2D eigenvalue weighted by Crippen LogP contribution is -2.56. The van der Waals surface area contributed by atoms with E-state index in [1.165, 1.54) is 24.8 Å². The van der Waals surface area contributed by atoms with Crippen LogP contribution in [0.3, 0.4) is 0 Å². The van der Waals surface area contributed by atoms with Crippen molar-refractivity contribution < 1.29 is 9.53 Å². The van der Waals surface area contributed by atoms with Crippen molar-refractivity contribution >= 4 is 17.5 Å². The molecule has 2 aliphatic rings. The Balaban J connectivity index is 1.45. The summed E-state index contributed by atoms with van der Waals surface area (Å²) in [6, 6.07) is 16.7. The molecule has 5 heteroatoms. The number of hydrogen-bond donors (Lipinski definition) is 1. The number of methoxy groups -OCH3 is 1. The van der Waals surface area contributed by atoms with Crippen LogP contribution in [0.25, 0.3) is 0 Å². The largest absolute Gasteiger partial charge is 0.496 e. The number of nitrogens with zero attached hydrogens (tertiary/aromatic N) is 1. The number of hydrogen-bond acceptors (Lipinski definition) is 3. The first kappa shape index (κ1) is 19.3. The Labute approximate surface area is 171 Å². The molecule has 148 valence electrons. The fourth-order valence-electron chi connectivity index (χ4n) is 4.79. The van der Waals surface area contributed by atoms with Crippen molar-refractivity contribution in [3.8, 4) is 5.75 Å². The molecule has 2 unspecified atom stereocenters. The minimum atomic E-state index is -0.0631. The number of rotatable bonds is 5. The normalized spacial score (nSPS) is 24.6. The van der Waals surface area contributed by atoms with E-state index in [9.17, 15) is 4.79 Å². The van der Waals surface area contributed by atoms with Gasteiger partial charge >= 0.3 is 0 Å². The Morgan fingerprint density at radius 2 is 1.79 bits per heavy atom. The van der Waals surface area contributed by atoms with Crippen molar-refractivity contribution in [1.29, 1.82) is 0 Å². The van der Waals surface area contributed by atoms with Gasteiger partial charge in [0.05, 0.1) is 17.7 Å². The molecule has 1 N–H and O–H groups in total. The van der Waals surface area contributed by atoms with Gasteiger partial charge in [-0.2, -0.15) is 0 Å². The Morgan fingerprint density at radius 3 is 2.50 bits per heavy atom. The monoisotopic (exact) mass is 398 g/mol. The van der Waals surface area contributed by atoms with Gasteiger partial charge in [-0.25, -0.2) is 0 Å². The van der Waals surface area contributed by atoms with Gasteiger partial charge in [-0.05, 0) is 43.9 Å². The van der Waals surface area contributed by atoms with E-state index in [-0.39, 0.29) is 11.9 Å². The van der Waals surface area contributed by atoms with E-state index in [1.54, 1.807) is 19.2 Å². The van der Waals surface area contributed by atoms with Gasteiger partial charge in [0.15, 0.2) is 0 Å². The number of carbonyl (C=O) groups is 1. The molecule has 0 radical (unpaired) electrons. The zero-order valence-corrected chi connectivity index (χ0v) is 17.0. The number of halogens is 1. The molecule has 2 saturated heterocycles. The lowest BCUT2D eigenvalue weighted by atomic mass is 9.81. The number of benzene rings is 2. The van der Waals surface area contributed by atoms with Crippen LogP contribution < -0.4 is 10.1 Å². The highest BCUT2D eigenvalue weighted by molar-refractivity contribution is 6.33. The SMILES string of the molecule is COc1ccccc1CN1C2CCCC1CC(NC(=O)c1ccccc1Cl)C2. The van der Waals surface area contributed by atoms with E-state index in [0.717, 1.165) is 25.1 Å². The maximum atomic E-state index is 12.7. The van der Waals surface area contributed by atoms with Gasteiger partial charge in [0.1, 0.15) is 5.75 Å². The van der Waals surface area contributed by atoms with Gasteiger partial charge in [-0.3, -0.25) is 9.69 Å². The standard InChI is InChI=1S/C23H27ClN2O2/c1-28-22-12-5-2-7-16(22)15-26-18-8-6-9-19(26)14-17(13-18)25-23(27)20-10-3-4-11-21(20)24/h2-5,7,10-12,17-19H,6,8-9,13-15H2,1H3,(H,25,27). The van der Waals surface area contributed by atoms with Crippen LogP contribution in [-0.4, -0.2) is 36.0 Å². The van der Waals surface area contributed by atoms with Gasteiger partial charge in [0.25, 0.3) is 5.91 Å². The van der Waals surface area contributed by atoms with E-state index in [1.807, 2.05) is 24.3 Å². The maximum Gasteiger partial charge on any atom is 0.253 e. The van der Waals surface area contributed by atoms with Crippen LogP contribution >= 0.6 is 11.6 Å². The number of fused-ring (bicyclic) bond motifs is 2. The number of nitrogens with one attached hydrogen (secondary N) is 1. The lowest BCUT2D eigenvalue weighted by molar-refractivity contribution is 0.0172. The predicted molar refractivity (Wildman–Crippen MR) is 112 cm³/mol. The molecule has 0 saturated carbocycles. The molecule has 2 fully saturated rings. The average Bonchev–Trinajstić information content (AvgIpc) is 2.69. The first-order chi connectivity index (χ1) is 13.7. The zero-order chi connectivity index (χ0) is 19.5. The smallest absolute Gasteiger partial charge is 0.253 e. The number of amides is 1. The van der Waals surface area contributed by atoms with Crippen LogP contribution in [-0.2, 0) is 6.54 Å². The molecular formula is C23H27ClN2O2. The molecule has 4 rings (SSSR count). The topological polar surface area (TPSA) is 41.6 Å². The fraction of sp³-hybridized carbons (Fsp3) is 0.435. The molecule has 2 atom stereocenters. The minimum Gasteiger partial charge on any atom is -0.496 e. The minimum absolute atomic E-state index is 0.0631. The number of ether oxygens (including phenoxy) is 1. The molecule has 0 spiro atoms. The van der Waals surface area contributed by atoms with Crippen LogP contribution in [0, 0.1) is 0 Å². The molecule has 0 aliphatic carbocycles. The van der Waals surface area contributed by atoms with Crippen LogP contribution in [0.4, 0.5) is 0 Å². The Bertz CT molecular complexity index is 827. The third kappa shape index (κ3) is 4.03. The average molecular weight is 399 g/mol. The molecule has 2 aromatic carbocycles. The van der Waals surface area contributed by atoms with E-state index in [4.69, 9.17) is 16.3 Å². The molecule has 2 bridgehead atoms. The highest BCUT2D eigenvalue weighted by Crippen LogP contribution is 2.36. The molecule has 4 nitrogen and oxygen atoms in total. The molecule has 2 heterocycles. The van der Waals surface area contributed by atoms with Crippen molar-refractivity contribution in [2.45, 2.75) is 56.8 Å². The summed E-state index contributed by atoms with van der Waals surface area (Å²) in [6.45, 7) is 0.907. The van der Waals surface area contributed by atoms with Gasteiger partial charge in [-0.15, -0.1) is 0 Å². The second-order valence-corrected chi connectivity index (χ2v) is 8.25. The summed E-state index contributed by atoms with van der Waals surface area (Å²) >= 11 is 6.19. The van der Waals surface area contributed by atoms with E-state index < -0.39 is 0 Å². The van der Waals surface area contributed by atoms with Gasteiger partial charge in [0.2, 0.25) is 0 Å². The van der Waals surface area contributed by atoms with Crippen LogP contribution in [0.2, 0.25) is 5.02 Å². The molecule has 2 aliphatic heterocycles. The summed E-state index contributed by atoms with van der Waals surface area (Å²) in [5, 5.41) is 3.74. The second-order valence-electron chi connectivity index (χ2n) is 7.84. The summed E-state index contributed by atoms with van der Waals surface area (Å²) in [5.41, 5.74) is 1.80. The fourth-order valence-corrected chi connectivity index (χ4v) is 5.01. The zero-order valence-electron chi connectivity index (χ0n) is 16.2. The lowest BCUT2D eigenvalue weighted by Gasteiger charge is -2.49. The van der Waals surface area contributed by atoms with E-state index >= 15 is 0 Å².